The third-order valence-corrected chi connectivity index (χ3v) is 10.3. The Kier molecular flexibility index (Phi) is 7.66. The van der Waals surface area contributed by atoms with E-state index < -0.39 is 88.3 Å². The molecule has 6 atom stereocenters. The van der Waals surface area contributed by atoms with Gasteiger partial charge in [-0.05, 0) is 78.9 Å². The number of urea groups is 1. The Bertz CT molecular complexity index is 2010. The minimum Gasteiger partial charge on any atom is -0.508 e. The molecule has 2 aliphatic carbocycles. The highest BCUT2D eigenvalue weighted by molar-refractivity contribution is 6.30. The number of carbonyl (C=O) groups excluding carboxylic acids is 5. The number of primary amides is 1. The van der Waals surface area contributed by atoms with E-state index >= 15 is 4.79 Å². The molecule has 3 fully saturated rings. The first-order valence-corrected chi connectivity index (χ1v) is 15.6. The molecule has 16 heteroatoms. The molecular formula is C34H25ClF4N4O7. The van der Waals surface area contributed by atoms with Gasteiger partial charge in [0, 0.05) is 16.5 Å². The molecule has 2 saturated heterocycles. The average Bonchev–Trinajstić information content (AvgIpc) is 3.44. The lowest BCUT2D eigenvalue weighted by Gasteiger charge is -2.50. The summed E-state index contributed by atoms with van der Waals surface area (Å²) < 4.78 is 58.3. The van der Waals surface area contributed by atoms with Crippen LogP contribution < -0.4 is 15.9 Å². The van der Waals surface area contributed by atoms with Gasteiger partial charge in [0.2, 0.25) is 11.8 Å². The van der Waals surface area contributed by atoms with Gasteiger partial charge in [0.05, 0.1) is 28.9 Å². The molecule has 11 nitrogen and oxygen atoms in total. The number of aromatic hydroxyl groups is 1. The fourth-order valence-corrected chi connectivity index (χ4v) is 8.30. The number of hydrazine groups is 1. The van der Waals surface area contributed by atoms with Crippen molar-refractivity contribution in [1.29, 1.82) is 0 Å². The van der Waals surface area contributed by atoms with E-state index in [-0.39, 0.29) is 40.3 Å². The van der Waals surface area contributed by atoms with Gasteiger partial charge in [0.15, 0.2) is 0 Å². The van der Waals surface area contributed by atoms with Crippen LogP contribution in [0, 0.1) is 29.5 Å². The van der Waals surface area contributed by atoms with Crippen LogP contribution in [0.2, 0.25) is 5.02 Å². The van der Waals surface area contributed by atoms with Crippen LogP contribution in [0.4, 0.5) is 28.0 Å². The van der Waals surface area contributed by atoms with Gasteiger partial charge < -0.3 is 15.6 Å². The first-order chi connectivity index (χ1) is 23.6. The van der Waals surface area contributed by atoms with Crippen molar-refractivity contribution in [3.05, 3.63) is 100 Å². The topological polar surface area (TPSA) is 159 Å². The number of amides is 6. The highest BCUT2D eigenvalue weighted by Crippen LogP contribution is 2.65. The predicted molar refractivity (Wildman–Crippen MR) is 165 cm³/mol. The molecule has 6 amide bonds. The van der Waals surface area contributed by atoms with E-state index in [0.717, 1.165) is 35.3 Å². The Hall–Kier alpha value is -5.44. The molecule has 50 heavy (non-hydrogen) atoms. The Morgan fingerprint density at radius 2 is 1.64 bits per heavy atom. The van der Waals surface area contributed by atoms with E-state index in [1.54, 1.807) is 6.08 Å². The summed E-state index contributed by atoms with van der Waals surface area (Å²) in [6, 6.07) is 12.0. The number of nitrogens with two attached hydrogens (primary N) is 1. The van der Waals surface area contributed by atoms with Gasteiger partial charge in [-0.3, -0.25) is 24.6 Å². The van der Waals surface area contributed by atoms with E-state index in [1.165, 1.54) is 36.4 Å². The fraction of sp³-hybridized carbons (Fsp3) is 0.265. The number of nitrogens with one attached hydrogen (secondary N) is 1. The molecule has 0 spiro atoms. The lowest BCUT2D eigenvalue weighted by atomic mass is 9.49. The standard InChI is InChI=1S/C34H25ClF4N4O7/c35-16-3-1-15(2-4-16)33-24(29(46)43(31(33)48)41-18-7-5-17(36)6-8-18)14-22-20(10-11-21-26(22)30(47)42(28(21)45)32(40)49)27(33)23-13-19(9-12-25(23)44)50-34(37,38)39/h1-10,12-13,21-22,24,26-27,41,44H,11,14H2,(H2,40,49)/t21-,22+,24-,26-,27+,33+/m0/s1. The van der Waals surface area contributed by atoms with Crippen LogP contribution in [0.15, 0.2) is 78.4 Å². The third-order valence-electron chi connectivity index (χ3n) is 10.0. The summed E-state index contributed by atoms with van der Waals surface area (Å²) >= 11 is 6.21. The Labute approximate surface area is 285 Å². The van der Waals surface area contributed by atoms with Crippen molar-refractivity contribution >= 4 is 46.9 Å². The van der Waals surface area contributed by atoms with Crippen molar-refractivity contribution in [3.63, 3.8) is 0 Å². The number of hydrogen-bond acceptors (Lipinski definition) is 8. The SMILES string of the molecule is NC(=O)N1C(=O)[C@H]2[C@H](CC=C3[C@H]2C[C@H]2C(=O)N(Nc4ccc(F)cc4)C(=O)[C@@]2(c2ccc(Cl)cc2)[C@H]3c2cc(OC(F)(F)F)ccc2O)C1=O. The number of phenols is 1. The van der Waals surface area contributed by atoms with Gasteiger partial charge >= 0.3 is 12.4 Å². The lowest BCUT2D eigenvalue weighted by molar-refractivity contribution is -0.274. The quantitative estimate of drug-likeness (QED) is 0.186. The zero-order valence-corrected chi connectivity index (χ0v) is 26.2. The zero-order chi connectivity index (χ0) is 35.9. The van der Waals surface area contributed by atoms with Crippen LogP contribution in [-0.2, 0) is 24.6 Å². The maximum Gasteiger partial charge on any atom is 0.573 e. The van der Waals surface area contributed by atoms with Gasteiger partial charge in [-0.15, -0.1) is 13.2 Å². The molecule has 4 N–H and O–H groups in total. The molecule has 3 aromatic carbocycles. The second kappa shape index (κ2) is 11.6. The predicted octanol–water partition coefficient (Wildman–Crippen LogP) is 5.15. The Morgan fingerprint density at radius 3 is 2.28 bits per heavy atom. The second-order valence-corrected chi connectivity index (χ2v) is 12.9. The number of nitrogens with zero attached hydrogens (tertiary/aromatic N) is 2. The number of hydrogen-bond donors (Lipinski definition) is 3. The fourth-order valence-electron chi connectivity index (χ4n) is 8.18. The number of rotatable bonds is 5. The highest BCUT2D eigenvalue weighted by atomic mass is 35.5. The molecule has 4 aliphatic rings. The van der Waals surface area contributed by atoms with Gasteiger partial charge in [0.1, 0.15) is 17.3 Å². The number of imide groups is 4. The van der Waals surface area contributed by atoms with Gasteiger partial charge in [-0.1, -0.05) is 35.4 Å². The number of alkyl halides is 3. The minimum atomic E-state index is -5.14. The van der Waals surface area contributed by atoms with E-state index in [4.69, 9.17) is 17.3 Å². The van der Waals surface area contributed by atoms with Gasteiger partial charge in [-0.25, -0.2) is 9.18 Å². The molecule has 1 saturated carbocycles. The number of phenolic OH excluding ortho intramolecular Hbond substituents is 1. The van der Waals surface area contributed by atoms with Gasteiger partial charge in [0.25, 0.3) is 11.8 Å². The summed E-state index contributed by atoms with van der Waals surface area (Å²) in [6.07, 6.45) is -3.93. The van der Waals surface area contributed by atoms with Gasteiger partial charge in [-0.2, -0.15) is 9.91 Å². The molecule has 0 unspecified atom stereocenters. The maximum absolute atomic E-state index is 15.0. The number of halogens is 5. The first kappa shape index (κ1) is 33.1. The Balaban J connectivity index is 1.49. The summed E-state index contributed by atoms with van der Waals surface area (Å²) in [5.41, 5.74) is 6.49. The van der Waals surface area contributed by atoms with Crippen molar-refractivity contribution in [2.24, 2.45) is 29.4 Å². The summed E-state index contributed by atoms with van der Waals surface area (Å²) in [5, 5.41) is 12.3. The number of allylic oxidation sites excluding steroid dienone is 2. The van der Waals surface area contributed by atoms with Crippen LogP contribution in [-0.4, -0.2) is 51.0 Å². The number of fused-ring (bicyclic) bond motifs is 4. The summed E-state index contributed by atoms with van der Waals surface area (Å²) in [5.74, 6) is -11.4. The molecule has 258 valence electrons. The van der Waals surface area contributed by atoms with Crippen molar-refractivity contribution in [3.8, 4) is 11.5 Å². The minimum absolute atomic E-state index is 0.123. The molecular weight excluding hydrogens is 688 g/mol. The molecule has 0 bridgehead atoms. The highest BCUT2D eigenvalue weighted by Gasteiger charge is 2.71. The van der Waals surface area contributed by atoms with Crippen molar-refractivity contribution in [2.75, 3.05) is 5.43 Å². The third kappa shape index (κ3) is 4.97. The number of ether oxygens (including phenoxy) is 1. The molecule has 0 radical (unpaired) electrons. The largest absolute Gasteiger partial charge is 0.573 e. The Morgan fingerprint density at radius 1 is 0.960 bits per heavy atom. The smallest absolute Gasteiger partial charge is 0.508 e. The van der Waals surface area contributed by atoms with Crippen LogP contribution in [0.5, 0.6) is 11.5 Å². The zero-order valence-electron chi connectivity index (χ0n) is 25.5. The number of anilines is 1. The van der Waals surface area contributed by atoms with E-state index in [9.17, 15) is 41.8 Å². The maximum atomic E-state index is 15.0. The number of benzene rings is 3. The van der Waals surface area contributed by atoms with E-state index in [0.29, 0.717) is 4.90 Å². The summed E-state index contributed by atoms with van der Waals surface area (Å²) in [6.45, 7) is 0. The van der Waals surface area contributed by atoms with Crippen LogP contribution >= 0.6 is 11.6 Å². The molecule has 7 rings (SSSR count). The molecule has 0 aromatic heterocycles. The van der Waals surface area contributed by atoms with Crippen LogP contribution in [0.25, 0.3) is 0 Å². The average molecular weight is 713 g/mol. The lowest BCUT2D eigenvalue weighted by Crippen LogP contribution is -2.53. The molecule has 2 heterocycles. The summed E-state index contributed by atoms with van der Waals surface area (Å²) in [4.78, 5) is 69.0. The first-order valence-electron chi connectivity index (χ1n) is 15.3. The molecule has 2 aliphatic heterocycles. The number of carbonyl (C=O) groups is 5. The van der Waals surface area contributed by atoms with Crippen LogP contribution in [0.1, 0.15) is 29.9 Å². The van der Waals surface area contributed by atoms with E-state index in [1.807, 2.05) is 0 Å². The van der Waals surface area contributed by atoms with Crippen LogP contribution in [0.3, 0.4) is 0 Å². The van der Waals surface area contributed by atoms with E-state index in [2.05, 4.69) is 10.2 Å². The normalized spacial score (nSPS) is 27.5. The van der Waals surface area contributed by atoms with Crippen molar-refractivity contribution in [1.82, 2.24) is 9.91 Å². The van der Waals surface area contributed by atoms with Crippen molar-refractivity contribution < 1.29 is 51.4 Å². The summed E-state index contributed by atoms with van der Waals surface area (Å²) in [7, 11) is 0. The van der Waals surface area contributed by atoms with Crippen molar-refractivity contribution in [2.45, 2.75) is 30.5 Å². The monoisotopic (exact) mass is 712 g/mol. The molecule has 3 aromatic rings. The number of likely N-dealkylation sites (tertiary alicyclic amines) is 1. The second-order valence-electron chi connectivity index (χ2n) is 12.5.